The lowest BCUT2D eigenvalue weighted by molar-refractivity contribution is -0.136. The summed E-state index contributed by atoms with van der Waals surface area (Å²) >= 11 is 0. The highest BCUT2D eigenvalue weighted by Gasteiger charge is 2.57. The molecule has 3 heterocycles. The Labute approximate surface area is 161 Å². The second-order valence-corrected chi connectivity index (χ2v) is 7.50. The number of likely N-dealkylation sites (tertiary alicyclic amines) is 1. The van der Waals surface area contributed by atoms with Crippen LogP contribution in [-0.2, 0) is 16.1 Å². The monoisotopic (exact) mass is 374 g/mol. The number of nitrogens with zero attached hydrogens (tertiary/aromatic N) is 4. The number of aromatic nitrogens is 1. The van der Waals surface area contributed by atoms with Crippen LogP contribution in [0.25, 0.3) is 0 Å². The largest absolute Gasteiger partial charge is 0.383 e. The van der Waals surface area contributed by atoms with Gasteiger partial charge in [-0.2, -0.15) is 0 Å². The van der Waals surface area contributed by atoms with E-state index >= 15 is 0 Å². The maximum Gasteiger partial charge on any atom is 0.328 e. The number of urea groups is 1. The molecule has 148 valence electrons. The number of amides is 3. The van der Waals surface area contributed by atoms with Crippen molar-refractivity contribution in [1.29, 1.82) is 0 Å². The van der Waals surface area contributed by atoms with Gasteiger partial charge in [-0.05, 0) is 37.8 Å². The summed E-state index contributed by atoms with van der Waals surface area (Å²) in [6.07, 6.45) is 5.83. The first kappa shape index (κ1) is 19.8. The second-order valence-electron chi connectivity index (χ2n) is 7.50. The minimum atomic E-state index is -0.734. The fraction of sp³-hybridized carbons (Fsp3) is 0.650. The topological polar surface area (TPSA) is 66.0 Å². The van der Waals surface area contributed by atoms with Gasteiger partial charge in [0.25, 0.3) is 5.91 Å². The van der Waals surface area contributed by atoms with Crippen LogP contribution in [0, 0.1) is 0 Å². The van der Waals surface area contributed by atoms with Crippen molar-refractivity contribution in [2.24, 2.45) is 0 Å². The summed E-state index contributed by atoms with van der Waals surface area (Å²) in [5.74, 6) is -0.0729. The van der Waals surface area contributed by atoms with E-state index < -0.39 is 5.54 Å². The minimum Gasteiger partial charge on any atom is -0.383 e. The number of imide groups is 1. The molecule has 2 aliphatic rings. The van der Waals surface area contributed by atoms with Crippen molar-refractivity contribution in [2.75, 3.05) is 33.4 Å². The van der Waals surface area contributed by atoms with E-state index in [1.165, 1.54) is 4.90 Å². The lowest BCUT2D eigenvalue weighted by atomic mass is 9.85. The van der Waals surface area contributed by atoms with Gasteiger partial charge in [-0.25, -0.2) is 4.79 Å². The van der Waals surface area contributed by atoms with Crippen molar-refractivity contribution in [1.82, 2.24) is 19.7 Å². The number of pyridine rings is 1. The molecule has 0 N–H and O–H groups in total. The van der Waals surface area contributed by atoms with Crippen LogP contribution in [0.5, 0.6) is 0 Å². The van der Waals surface area contributed by atoms with Crippen molar-refractivity contribution in [3.8, 4) is 0 Å². The van der Waals surface area contributed by atoms with Gasteiger partial charge in [-0.3, -0.25) is 14.7 Å². The van der Waals surface area contributed by atoms with Gasteiger partial charge in [0, 0.05) is 45.2 Å². The Morgan fingerprint density at radius 3 is 2.63 bits per heavy atom. The highest BCUT2D eigenvalue weighted by atomic mass is 16.5. The van der Waals surface area contributed by atoms with Crippen molar-refractivity contribution in [2.45, 2.75) is 51.2 Å². The van der Waals surface area contributed by atoms with E-state index in [1.54, 1.807) is 24.4 Å². The summed E-state index contributed by atoms with van der Waals surface area (Å²) in [6, 6.07) is 4.00. The van der Waals surface area contributed by atoms with Crippen molar-refractivity contribution in [3.63, 3.8) is 0 Å². The van der Waals surface area contributed by atoms with Gasteiger partial charge in [-0.1, -0.05) is 13.0 Å². The van der Waals surface area contributed by atoms with Crippen LogP contribution in [-0.4, -0.2) is 76.6 Å². The molecule has 3 rings (SSSR count). The quantitative estimate of drug-likeness (QED) is 0.684. The molecule has 1 spiro atoms. The van der Waals surface area contributed by atoms with Crippen molar-refractivity contribution >= 4 is 11.9 Å². The van der Waals surface area contributed by atoms with Crippen LogP contribution in [0.3, 0.4) is 0 Å². The molecule has 0 saturated carbocycles. The zero-order chi connectivity index (χ0) is 19.4. The Morgan fingerprint density at radius 2 is 2.04 bits per heavy atom. The summed E-state index contributed by atoms with van der Waals surface area (Å²) in [5.41, 5.74) is 0.127. The molecule has 7 nitrogen and oxygen atoms in total. The zero-order valence-electron chi connectivity index (χ0n) is 16.6. The molecule has 2 saturated heterocycles. The number of methoxy groups -OCH3 is 1. The zero-order valence-corrected chi connectivity index (χ0v) is 16.6. The highest BCUT2D eigenvalue weighted by molar-refractivity contribution is 6.07. The number of rotatable bonds is 7. The van der Waals surface area contributed by atoms with Gasteiger partial charge < -0.3 is 14.5 Å². The third kappa shape index (κ3) is 3.71. The van der Waals surface area contributed by atoms with Crippen LogP contribution < -0.4 is 0 Å². The van der Waals surface area contributed by atoms with Gasteiger partial charge in [0.05, 0.1) is 13.2 Å². The van der Waals surface area contributed by atoms with E-state index in [4.69, 9.17) is 4.74 Å². The Bertz CT molecular complexity index is 658. The number of ether oxygens (including phenoxy) is 1. The van der Waals surface area contributed by atoms with Crippen LogP contribution in [0.4, 0.5) is 4.79 Å². The van der Waals surface area contributed by atoms with Crippen LogP contribution in [0.2, 0.25) is 0 Å². The third-order valence-electron chi connectivity index (χ3n) is 6.04. The summed E-state index contributed by atoms with van der Waals surface area (Å²) in [7, 11) is 1.62. The van der Waals surface area contributed by atoms with Gasteiger partial charge >= 0.3 is 6.03 Å². The minimum absolute atomic E-state index is 0.0729. The number of hydrogen-bond donors (Lipinski definition) is 0. The molecular weight excluding hydrogens is 344 g/mol. The number of carbonyl (C=O) groups excluding carboxylic acids is 2. The lowest BCUT2D eigenvalue weighted by Crippen LogP contribution is -2.58. The number of piperidine rings is 1. The van der Waals surface area contributed by atoms with Crippen LogP contribution in [0.1, 0.15) is 38.7 Å². The Balaban J connectivity index is 1.82. The summed E-state index contributed by atoms with van der Waals surface area (Å²) in [4.78, 5) is 36.2. The van der Waals surface area contributed by atoms with E-state index in [0.29, 0.717) is 32.0 Å². The molecule has 0 unspecified atom stereocenters. The molecule has 2 aliphatic heterocycles. The molecule has 0 aliphatic carbocycles. The lowest BCUT2D eigenvalue weighted by Gasteiger charge is -2.43. The molecule has 27 heavy (non-hydrogen) atoms. The Morgan fingerprint density at radius 1 is 1.30 bits per heavy atom. The molecular formula is C20H30N4O3. The summed E-state index contributed by atoms with van der Waals surface area (Å²) in [5, 5.41) is 0. The first-order valence-corrected chi connectivity index (χ1v) is 9.79. The van der Waals surface area contributed by atoms with E-state index in [0.717, 1.165) is 25.1 Å². The molecule has 0 radical (unpaired) electrons. The second kappa shape index (κ2) is 8.35. The average Bonchev–Trinajstić information content (AvgIpc) is 2.88. The SMILES string of the molecule is CC[C@@H](C)N1CCC2(CC1)C(=O)N(Cc1cccnc1)C(=O)N2CCOC. The Kier molecular flexibility index (Phi) is 6.11. The fourth-order valence-corrected chi connectivity index (χ4v) is 4.16. The Hall–Kier alpha value is -1.99. The predicted molar refractivity (Wildman–Crippen MR) is 102 cm³/mol. The summed E-state index contributed by atoms with van der Waals surface area (Å²) < 4.78 is 5.21. The molecule has 1 aromatic heterocycles. The molecule has 1 aromatic rings. The van der Waals surface area contributed by atoms with Gasteiger partial charge in [0.2, 0.25) is 0 Å². The first-order valence-electron chi connectivity index (χ1n) is 9.79. The standard InChI is InChI=1S/C20H30N4O3/c1-4-16(2)22-10-7-20(8-11-22)18(25)23(15-17-6-5-9-21-14-17)19(26)24(20)12-13-27-3/h5-6,9,14,16H,4,7-8,10-13,15H2,1-3H3/t16-/m1/s1. The van der Waals surface area contributed by atoms with Crippen molar-refractivity contribution < 1.29 is 14.3 Å². The maximum atomic E-state index is 13.4. The van der Waals surface area contributed by atoms with E-state index in [-0.39, 0.29) is 18.5 Å². The molecule has 2 fully saturated rings. The van der Waals surface area contributed by atoms with E-state index in [1.807, 2.05) is 12.1 Å². The van der Waals surface area contributed by atoms with Gasteiger partial charge in [-0.15, -0.1) is 0 Å². The summed E-state index contributed by atoms with van der Waals surface area (Å²) in [6.45, 7) is 7.20. The van der Waals surface area contributed by atoms with Gasteiger partial charge in [0.1, 0.15) is 5.54 Å². The van der Waals surface area contributed by atoms with E-state index in [9.17, 15) is 9.59 Å². The van der Waals surface area contributed by atoms with Crippen LogP contribution in [0.15, 0.2) is 24.5 Å². The molecule has 7 heteroatoms. The molecule has 0 aromatic carbocycles. The van der Waals surface area contributed by atoms with Gasteiger partial charge in [0.15, 0.2) is 0 Å². The normalized spacial score (nSPS) is 21.3. The van der Waals surface area contributed by atoms with E-state index in [2.05, 4.69) is 23.7 Å². The molecule has 0 bridgehead atoms. The molecule has 3 amide bonds. The maximum absolute atomic E-state index is 13.4. The molecule has 1 atom stereocenters. The third-order valence-corrected chi connectivity index (χ3v) is 6.04. The first-order chi connectivity index (χ1) is 13.0. The fourth-order valence-electron chi connectivity index (χ4n) is 4.16. The highest BCUT2D eigenvalue weighted by Crippen LogP contribution is 2.38. The smallest absolute Gasteiger partial charge is 0.328 e. The number of carbonyl (C=O) groups is 2. The number of hydrogen-bond acceptors (Lipinski definition) is 5. The average molecular weight is 374 g/mol. The predicted octanol–water partition coefficient (Wildman–Crippen LogP) is 2.13. The van der Waals surface area contributed by atoms with Crippen LogP contribution >= 0.6 is 0 Å². The van der Waals surface area contributed by atoms with Crippen molar-refractivity contribution in [3.05, 3.63) is 30.1 Å².